The van der Waals surface area contributed by atoms with Crippen LogP contribution in [0.1, 0.15) is 24.0 Å². The van der Waals surface area contributed by atoms with Gasteiger partial charge in [0.1, 0.15) is 5.75 Å². The van der Waals surface area contributed by atoms with E-state index in [2.05, 4.69) is 10.5 Å². The largest absolute Gasteiger partial charge is 0.497 e. The number of amides is 1. The van der Waals surface area contributed by atoms with E-state index in [1.807, 2.05) is 31.2 Å². The summed E-state index contributed by atoms with van der Waals surface area (Å²) in [6, 6.07) is 14.1. The maximum atomic E-state index is 12.7. The number of aryl methyl sites for hydroxylation is 1. The Morgan fingerprint density at radius 3 is 2.52 bits per heavy atom. The second kappa shape index (κ2) is 9.19. The van der Waals surface area contributed by atoms with Crippen molar-refractivity contribution < 1.29 is 17.9 Å². The highest BCUT2D eigenvalue weighted by atomic mass is 32.2. The number of methoxy groups -OCH3 is 1. The Bertz CT molecular complexity index is 979. The van der Waals surface area contributed by atoms with Crippen molar-refractivity contribution >= 4 is 22.1 Å². The molecule has 0 radical (unpaired) electrons. The van der Waals surface area contributed by atoms with Crippen LogP contribution in [0.2, 0.25) is 0 Å². The van der Waals surface area contributed by atoms with Gasteiger partial charge < -0.3 is 4.74 Å². The first-order chi connectivity index (χ1) is 13.9. The Morgan fingerprint density at radius 1 is 1.17 bits per heavy atom. The van der Waals surface area contributed by atoms with Gasteiger partial charge in [-0.05, 0) is 49.6 Å². The van der Waals surface area contributed by atoms with Crippen LogP contribution in [-0.2, 0) is 14.8 Å². The van der Waals surface area contributed by atoms with E-state index in [0.29, 0.717) is 31.7 Å². The first kappa shape index (κ1) is 21.0. The van der Waals surface area contributed by atoms with Gasteiger partial charge in [0, 0.05) is 19.0 Å². The fourth-order valence-electron chi connectivity index (χ4n) is 3.20. The van der Waals surface area contributed by atoms with Gasteiger partial charge in [-0.15, -0.1) is 0 Å². The third-order valence-electron chi connectivity index (χ3n) is 4.97. The number of hydrazone groups is 1. The van der Waals surface area contributed by atoms with Gasteiger partial charge >= 0.3 is 0 Å². The van der Waals surface area contributed by atoms with Gasteiger partial charge in [0.15, 0.2) is 0 Å². The SMILES string of the molecule is COc1cccc(/C=N\NC(=O)C2CCN(S(=O)(=O)c3ccc(C)cc3)CC2)c1. The van der Waals surface area contributed by atoms with Crippen LogP contribution in [-0.4, -0.2) is 45.0 Å². The summed E-state index contributed by atoms with van der Waals surface area (Å²) < 4.78 is 32.1. The van der Waals surface area contributed by atoms with Crippen LogP contribution in [0, 0.1) is 12.8 Å². The molecule has 1 N–H and O–H groups in total. The third kappa shape index (κ3) is 5.21. The van der Waals surface area contributed by atoms with Crippen molar-refractivity contribution in [2.45, 2.75) is 24.7 Å². The fraction of sp³-hybridized carbons (Fsp3) is 0.333. The molecule has 0 unspecified atom stereocenters. The first-order valence-electron chi connectivity index (χ1n) is 9.44. The number of piperidine rings is 1. The highest BCUT2D eigenvalue weighted by Gasteiger charge is 2.31. The molecule has 0 atom stereocenters. The molecular weight excluding hydrogens is 390 g/mol. The lowest BCUT2D eigenvalue weighted by atomic mass is 9.98. The highest BCUT2D eigenvalue weighted by Crippen LogP contribution is 2.24. The van der Waals surface area contributed by atoms with Gasteiger partial charge in [0.2, 0.25) is 15.9 Å². The van der Waals surface area contributed by atoms with Crippen molar-refractivity contribution in [3.63, 3.8) is 0 Å². The molecule has 2 aromatic rings. The molecule has 0 spiro atoms. The molecule has 1 saturated heterocycles. The zero-order valence-corrected chi connectivity index (χ0v) is 17.4. The van der Waals surface area contributed by atoms with Crippen LogP contribution in [0.4, 0.5) is 0 Å². The maximum absolute atomic E-state index is 12.7. The molecule has 8 heteroatoms. The third-order valence-corrected chi connectivity index (χ3v) is 6.88. The maximum Gasteiger partial charge on any atom is 0.243 e. The predicted molar refractivity (Wildman–Crippen MR) is 111 cm³/mol. The molecule has 29 heavy (non-hydrogen) atoms. The summed E-state index contributed by atoms with van der Waals surface area (Å²) in [5.41, 5.74) is 4.37. The molecule has 1 heterocycles. The van der Waals surface area contributed by atoms with Crippen LogP contribution in [0.3, 0.4) is 0 Å². The summed E-state index contributed by atoms with van der Waals surface area (Å²) >= 11 is 0. The van der Waals surface area contributed by atoms with Gasteiger partial charge in [-0.3, -0.25) is 4.79 Å². The second-order valence-electron chi connectivity index (χ2n) is 7.00. The second-order valence-corrected chi connectivity index (χ2v) is 8.94. The van der Waals surface area contributed by atoms with Crippen LogP contribution in [0.15, 0.2) is 58.5 Å². The Kier molecular flexibility index (Phi) is 6.66. The van der Waals surface area contributed by atoms with Crippen molar-refractivity contribution in [1.29, 1.82) is 0 Å². The lowest BCUT2D eigenvalue weighted by Gasteiger charge is -2.30. The van der Waals surface area contributed by atoms with E-state index in [-0.39, 0.29) is 16.7 Å². The minimum Gasteiger partial charge on any atom is -0.497 e. The summed E-state index contributed by atoms with van der Waals surface area (Å²) in [5, 5.41) is 4.00. The topological polar surface area (TPSA) is 88.1 Å². The van der Waals surface area contributed by atoms with E-state index in [9.17, 15) is 13.2 Å². The van der Waals surface area contributed by atoms with E-state index in [1.54, 1.807) is 37.6 Å². The van der Waals surface area contributed by atoms with Gasteiger partial charge in [-0.2, -0.15) is 9.41 Å². The molecule has 7 nitrogen and oxygen atoms in total. The van der Waals surface area contributed by atoms with E-state index < -0.39 is 10.0 Å². The minimum atomic E-state index is -3.53. The summed E-state index contributed by atoms with van der Waals surface area (Å²) in [6.07, 6.45) is 2.48. The first-order valence-corrected chi connectivity index (χ1v) is 10.9. The smallest absolute Gasteiger partial charge is 0.243 e. The number of hydrogen-bond donors (Lipinski definition) is 1. The quantitative estimate of drug-likeness (QED) is 0.580. The van der Waals surface area contributed by atoms with Gasteiger partial charge in [-0.1, -0.05) is 29.8 Å². The molecule has 3 rings (SSSR count). The monoisotopic (exact) mass is 415 g/mol. The number of carbonyl (C=O) groups excluding carboxylic acids is 1. The number of sulfonamides is 1. The van der Waals surface area contributed by atoms with Gasteiger partial charge in [-0.25, -0.2) is 13.8 Å². The number of carbonyl (C=O) groups is 1. The van der Waals surface area contributed by atoms with E-state index >= 15 is 0 Å². The van der Waals surface area contributed by atoms with Crippen LogP contribution >= 0.6 is 0 Å². The molecule has 1 fully saturated rings. The summed E-state index contributed by atoms with van der Waals surface area (Å²) in [4.78, 5) is 12.6. The van der Waals surface area contributed by atoms with Crippen LogP contribution in [0.25, 0.3) is 0 Å². The van der Waals surface area contributed by atoms with Gasteiger partial charge in [0.05, 0.1) is 18.2 Å². The highest BCUT2D eigenvalue weighted by molar-refractivity contribution is 7.89. The molecule has 0 saturated carbocycles. The predicted octanol–water partition coefficient (Wildman–Crippen LogP) is 2.55. The van der Waals surface area contributed by atoms with Crippen molar-refractivity contribution in [2.75, 3.05) is 20.2 Å². The molecule has 2 aromatic carbocycles. The summed E-state index contributed by atoms with van der Waals surface area (Å²) in [5.74, 6) is 0.251. The van der Waals surface area contributed by atoms with Crippen LogP contribution in [0.5, 0.6) is 5.75 Å². The van der Waals surface area contributed by atoms with Gasteiger partial charge in [0.25, 0.3) is 0 Å². The van der Waals surface area contributed by atoms with Crippen molar-refractivity contribution in [1.82, 2.24) is 9.73 Å². The zero-order valence-electron chi connectivity index (χ0n) is 16.5. The summed E-state index contributed by atoms with van der Waals surface area (Å²) in [6.45, 7) is 2.54. The standard InChI is InChI=1S/C21H25N3O4S/c1-16-6-8-20(9-7-16)29(26,27)24-12-10-18(11-13-24)21(25)23-22-15-17-4-3-5-19(14-17)28-2/h3-9,14-15,18H,10-13H2,1-2H3,(H,23,25)/b22-15-. The van der Waals surface area contributed by atoms with Crippen molar-refractivity contribution in [2.24, 2.45) is 11.0 Å². The van der Waals surface area contributed by atoms with E-state index in [0.717, 1.165) is 11.1 Å². The number of benzene rings is 2. The lowest BCUT2D eigenvalue weighted by Crippen LogP contribution is -2.42. The Labute approximate surface area is 171 Å². The van der Waals surface area contributed by atoms with Crippen molar-refractivity contribution in [3.05, 3.63) is 59.7 Å². The molecule has 0 bridgehead atoms. The normalized spacial score (nSPS) is 16.1. The molecule has 0 aliphatic carbocycles. The number of ether oxygens (including phenoxy) is 1. The number of nitrogens with zero attached hydrogens (tertiary/aromatic N) is 2. The molecule has 1 aliphatic rings. The Morgan fingerprint density at radius 2 is 1.86 bits per heavy atom. The molecule has 1 aliphatic heterocycles. The molecule has 154 valence electrons. The van der Waals surface area contributed by atoms with Crippen molar-refractivity contribution in [3.8, 4) is 5.75 Å². The lowest BCUT2D eigenvalue weighted by molar-refractivity contribution is -0.126. The molecular formula is C21H25N3O4S. The average Bonchev–Trinajstić information content (AvgIpc) is 2.74. The Balaban J connectivity index is 1.54. The molecule has 0 aromatic heterocycles. The number of rotatable bonds is 6. The minimum absolute atomic E-state index is 0.198. The van der Waals surface area contributed by atoms with E-state index in [4.69, 9.17) is 4.74 Å². The zero-order chi connectivity index (χ0) is 20.9. The summed E-state index contributed by atoms with van der Waals surface area (Å²) in [7, 11) is -1.94. The number of hydrogen-bond acceptors (Lipinski definition) is 5. The van der Waals surface area contributed by atoms with Crippen LogP contribution < -0.4 is 10.2 Å². The fourth-order valence-corrected chi connectivity index (χ4v) is 4.67. The average molecular weight is 416 g/mol. The number of nitrogens with one attached hydrogen (secondary N) is 1. The molecule has 1 amide bonds. The Hall–Kier alpha value is -2.71. The van der Waals surface area contributed by atoms with E-state index in [1.165, 1.54) is 4.31 Å².